The normalized spacial score (nSPS) is 20.2. The standard InChI is InChI=1S/C11H21NO2/c1-11(2,7-9(13)14)10(12-3)8-5-4-6-8/h8,10,12H,4-7H2,1-3H3,(H,13,14). The molecule has 0 aromatic carbocycles. The third-order valence-corrected chi connectivity index (χ3v) is 3.38. The van der Waals surface area contributed by atoms with E-state index in [2.05, 4.69) is 5.32 Å². The zero-order valence-electron chi connectivity index (χ0n) is 9.34. The van der Waals surface area contributed by atoms with Crippen LogP contribution in [-0.4, -0.2) is 24.2 Å². The highest BCUT2D eigenvalue weighted by atomic mass is 16.4. The lowest BCUT2D eigenvalue weighted by Crippen LogP contribution is -2.48. The minimum Gasteiger partial charge on any atom is -0.481 e. The van der Waals surface area contributed by atoms with Crippen LogP contribution in [0.2, 0.25) is 0 Å². The van der Waals surface area contributed by atoms with Gasteiger partial charge in [0, 0.05) is 6.04 Å². The Labute approximate surface area is 85.9 Å². The van der Waals surface area contributed by atoms with Crippen LogP contribution in [0.5, 0.6) is 0 Å². The van der Waals surface area contributed by atoms with Crippen LogP contribution in [0.3, 0.4) is 0 Å². The summed E-state index contributed by atoms with van der Waals surface area (Å²) in [6.07, 6.45) is 4.03. The molecule has 0 aromatic heterocycles. The third kappa shape index (κ3) is 2.47. The highest BCUT2D eigenvalue weighted by Gasteiger charge is 2.38. The molecule has 0 aliphatic heterocycles. The Bertz CT molecular complexity index is 209. The second-order valence-electron chi connectivity index (χ2n) is 5.02. The van der Waals surface area contributed by atoms with Crippen LogP contribution >= 0.6 is 0 Å². The van der Waals surface area contributed by atoms with Crippen molar-refractivity contribution in [2.24, 2.45) is 11.3 Å². The van der Waals surface area contributed by atoms with Crippen molar-refractivity contribution in [2.45, 2.75) is 45.6 Å². The van der Waals surface area contributed by atoms with E-state index in [0.717, 1.165) is 0 Å². The maximum atomic E-state index is 10.7. The Hall–Kier alpha value is -0.570. The van der Waals surface area contributed by atoms with Crippen LogP contribution in [0.15, 0.2) is 0 Å². The van der Waals surface area contributed by atoms with Gasteiger partial charge in [-0.1, -0.05) is 20.3 Å². The van der Waals surface area contributed by atoms with E-state index >= 15 is 0 Å². The zero-order valence-corrected chi connectivity index (χ0v) is 9.34. The minimum absolute atomic E-state index is 0.147. The lowest BCUT2D eigenvalue weighted by atomic mass is 9.68. The van der Waals surface area contributed by atoms with Crippen molar-refractivity contribution >= 4 is 5.97 Å². The van der Waals surface area contributed by atoms with Gasteiger partial charge in [-0.15, -0.1) is 0 Å². The van der Waals surface area contributed by atoms with Crippen molar-refractivity contribution < 1.29 is 9.90 Å². The van der Waals surface area contributed by atoms with Crippen molar-refractivity contribution in [2.75, 3.05) is 7.05 Å². The molecule has 1 unspecified atom stereocenters. The Kier molecular flexibility index (Phi) is 3.53. The van der Waals surface area contributed by atoms with Crippen molar-refractivity contribution in [3.8, 4) is 0 Å². The highest BCUT2D eigenvalue weighted by molar-refractivity contribution is 5.67. The van der Waals surface area contributed by atoms with Crippen LogP contribution in [0.4, 0.5) is 0 Å². The minimum atomic E-state index is -0.699. The second kappa shape index (κ2) is 4.30. The number of aliphatic carboxylic acids is 1. The summed E-state index contributed by atoms with van der Waals surface area (Å²) < 4.78 is 0. The van der Waals surface area contributed by atoms with Gasteiger partial charge in [0.1, 0.15) is 0 Å². The number of nitrogens with one attached hydrogen (secondary N) is 1. The topological polar surface area (TPSA) is 49.3 Å². The molecule has 0 amide bonds. The summed E-state index contributed by atoms with van der Waals surface area (Å²) in [7, 11) is 1.94. The van der Waals surface area contributed by atoms with E-state index in [1.165, 1.54) is 19.3 Å². The molecule has 0 aromatic rings. The molecule has 1 saturated carbocycles. The van der Waals surface area contributed by atoms with Crippen LogP contribution in [-0.2, 0) is 4.79 Å². The van der Waals surface area contributed by atoms with Crippen molar-refractivity contribution in [3.63, 3.8) is 0 Å². The van der Waals surface area contributed by atoms with Gasteiger partial charge in [0.15, 0.2) is 0 Å². The first-order valence-electron chi connectivity index (χ1n) is 5.36. The van der Waals surface area contributed by atoms with Gasteiger partial charge in [0.05, 0.1) is 6.42 Å². The summed E-state index contributed by atoms with van der Waals surface area (Å²) in [5.74, 6) is -0.0241. The maximum absolute atomic E-state index is 10.7. The van der Waals surface area contributed by atoms with E-state index in [0.29, 0.717) is 12.0 Å². The molecular weight excluding hydrogens is 178 g/mol. The predicted molar refractivity (Wildman–Crippen MR) is 56.2 cm³/mol. The second-order valence-corrected chi connectivity index (χ2v) is 5.02. The van der Waals surface area contributed by atoms with Gasteiger partial charge in [0.25, 0.3) is 0 Å². The third-order valence-electron chi connectivity index (χ3n) is 3.38. The molecule has 3 nitrogen and oxygen atoms in total. The molecule has 0 heterocycles. The molecule has 0 radical (unpaired) electrons. The lowest BCUT2D eigenvalue weighted by Gasteiger charge is -2.42. The Morgan fingerprint density at radius 2 is 2.14 bits per heavy atom. The van der Waals surface area contributed by atoms with E-state index < -0.39 is 5.97 Å². The van der Waals surface area contributed by atoms with Gasteiger partial charge in [-0.3, -0.25) is 4.79 Å². The van der Waals surface area contributed by atoms with Crippen LogP contribution in [0.1, 0.15) is 39.5 Å². The first kappa shape index (κ1) is 11.5. The summed E-state index contributed by atoms with van der Waals surface area (Å²) in [4.78, 5) is 10.7. The monoisotopic (exact) mass is 199 g/mol. The van der Waals surface area contributed by atoms with Crippen LogP contribution < -0.4 is 5.32 Å². The maximum Gasteiger partial charge on any atom is 0.303 e. The summed E-state index contributed by atoms with van der Waals surface area (Å²) in [5, 5.41) is 12.1. The van der Waals surface area contributed by atoms with Gasteiger partial charge in [0.2, 0.25) is 0 Å². The SMILES string of the molecule is CNC(C1CCC1)C(C)(C)CC(=O)O. The molecule has 1 aliphatic carbocycles. The molecule has 1 atom stereocenters. The zero-order chi connectivity index (χ0) is 10.8. The average molecular weight is 199 g/mol. The quantitative estimate of drug-likeness (QED) is 0.710. The molecule has 0 saturated heterocycles. The van der Waals surface area contributed by atoms with E-state index in [1.807, 2.05) is 20.9 Å². The predicted octanol–water partition coefficient (Wildman–Crippen LogP) is 1.88. The van der Waals surface area contributed by atoms with Gasteiger partial charge in [-0.05, 0) is 31.2 Å². The van der Waals surface area contributed by atoms with Gasteiger partial charge < -0.3 is 10.4 Å². The van der Waals surface area contributed by atoms with Gasteiger partial charge in [-0.2, -0.15) is 0 Å². The molecule has 2 N–H and O–H groups in total. The van der Waals surface area contributed by atoms with Crippen molar-refractivity contribution in [3.05, 3.63) is 0 Å². The number of carboxylic acid groups (broad SMARTS) is 1. The summed E-state index contributed by atoms with van der Waals surface area (Å²) >= 11 is 0. The van der Waals surface area contributed by atoms with Crippen molar-refractivity contribution in [1.29, 1.82) is 0 Å². The molecule has 3 heteroatoms. The van der Waals surface area contributed by atoms with Gasteiger partial charge in [-0.25, -0.2) is 0 Å². The molecule has 1 rings (SSSR count). The highest BCUT2D eigenvalue weighted by Crippen LogP contribution is 2.39. The van der Waals surface area contributed by atoms with Crippen LogP contribution in [0, 0.1) is 11.3 Å². The fraction of sp³-hybridized carbons (Fsp3) is 0.909. The number of rotatable bonds is 5. The first-order valence-corrected chi connectivity index (χ1v) is 5.36. The molecule has 1 fully saturated rings. The van der Waals surface area contributed by atoms with Gasteiger partial charge >= 0.3 is 5.97 Å². The smallest absolute Gasteiger partial charge is 0.303 e. The van der Waals surface area contributed by atoms with E-state index in [9.17, 15) is 4.79 Å². The molecule has 0 spiro atoms. The number of carboxylic acids is 1. The number of hydrogen-bond donors (Lipinski definition) is 2. The summed E-state index contributed by atoms with van der Waals surface area (Å²) in [5.41, 5.74) is -0.147. The van der Waals surface area contributed by atoms with Crippen molar-refractivity contribution in [1.82, 2.24) is 5.32 Å². The first-order chi connectivity index (χ1) is 6.47. The molecule has 82 valence electrons. The Morgan fingerprint density at radius 1 is 1.57 bits per heavy atom. The average Bonchev–Trinajstić information content (AvgIpc) is 1.92. The molecule has 1 aliphatic rings. The Morgan fingerprint density at radius 3 is 2.43 bits per heavy atom. The fourth-order valence-corrected chi connectivity index (χ4v) is 2.54. The largest absolute Gasteiger partial charge is 0.481 e. The molecular formula is C11H21NO2. The van der Waals surface area contributed by atoms with E-state index in [-0.39, 0.29) is 11.8 Å². The lowest BCUT2D eigenvalue weighted by molar-refractivity contribution is -0.140. The fourth-order valence-electron chi connectivity index (χ4n) is 2.54. The Balaban J connectivity index is 2.60. The number of carbonyl (C=O) groups is 1. The number of hydrogen-bond acceptors (Lipinski definition) is 2. The summed E-state index contributed by atoms with van der Waals surface area (Å²) in [6.45, 7) is 4.08. The summed E-state index contributed by atoms with van der Waals surface area (Å²) in [6, 6.07) is 0.340. The van der Waals surface area contributed by atoms with Crippen LogP contribution in [0.25, 0.3) is 0 Å². The van der Waals surface area contributed by atoms with E-state index in [4.69, 9.17) is 5.11 Å². The van der Waals surface area contributed by atoms with E-state index in [1.54, 1.807) is 0 Å². The molecule has 14 heavy (non-hydrogen) atoms. The molecule has 0 bridgehead atoms.